The van der Waals surface area contributed by atoms with Crippen molar-refractivity contribution >= 4 is 28.6 Å². The van der Waals surface area contributed by atoms with E-state index in [9.17, 15) is 0 Å². The topological polar surface area (TPSA) is 87.7 Å². The standard InChI is InChI=1S/C12H13N5/c1-15-12-7-16-11-4-8(9(5-13)6-14)2-3-10(11)17-12/h2-7,13H,14H2,1H3,(H,15,17)/b9-6+,13-5?. The maximum Gasteiger partial charge on any atom is 0.144 e. The largest absolute Gasteiger partial charge is 0.404 e. The number of fused-ring (bicyclic) bond motifs is 1. The third-order valence-electron chi connectivity index (χ3n) is 2.47. The molecule has 0 aliphatic rings. The minimum atomic E-state index is 0.659. The van der Waals surface area contributed by atoms with Crippen LogP contribution in [0.3, 0.4) is 0 Å². The van der Waals surface area contributed by atoms with E-state index in [1.165, 1.54) is 12.4 Å². The quantitative estimate of drug-likeness (QED) is 0.695. The third kappa shape index (κ3) is 2.08. The van der Waals surface area contributed by atoms with E-state index in [1.54, 1.807) is 13.2 Å². The summed E-state index contributed by atoms with van der Waals surface area (Å²) < 4.78 is 0. The van der Waals surface area contributed by atoms with Crippen molar-refractivity contribution in [3.8, 4) is 0 Å². The lowest BCUT2D eigenvalue weighted by atomic mass is 10.1. The van der Waals surface area contributed by atoms with Crippen molar-refractivity contribution in [3.63, 3.8) is 0 Å². The Morgan fingerprint density at radius 3 is 2.88 bits per heavy atom. The van der Waals surface area contributed by atoms with Crippen LogP contribution >= 0.6 is 0 Å². The van der Waals surface area contributed by atoms with Gasteiger partial charge >= 0.3 is 0 Å². The van der Waals surface area contributed by atoms with E-state index in [-0.39, 0.29) is 0 Å². The molecule has 0 unspecified atom stereocenters. The maximum absolute atomic E-state index is 7.25. The molecule has 0 amide bonds. The Bertz CT molecular complexity index is 588. The van der Waals surface area contributed by atoms with E-state index in [2.05, 4.69) is 15.3 Å². The average molecular weight is 227 g/mol. The highest BCUT2D eigenvalue weighted by atomic mass is 15.0. The summed E-state index contributed by atoms with van der Waals surface area (Å²) in [5.41, 5.74) is 8.55. The third-order valence-corrected chi connectivity index (χ3v) is 2.47. The van der Waals surface area contributed by atoms with Crippen molar-refractivity contribution in [2.45, 2.75) is 0 Å². The molecule has 1 heterocycles. The predicted molar refractivity (Wildman–Crippen MR) is 70.0 cm³/mol. The van der Waals surface area contributed by atoms with Gasteiger partial charge in [-0.25, -0.2) is 4.98 Å². The molecule has 5 nitrogen and oxygen atoms in total. The van der Waals surface area contributed by atoms with E-state index in [4.69, 9.17) is 11.1 Å². The summed E-state index contributed by atoms with van der Waals surface area (Å²) in [6, 6.07) is 5.61. The number of nitrogens with one attached hydrogen (secondary N) is 2. The van der Waals surface area contributed by atoms with Crippen LogP contribution in [0.5, 0.6) is 0 Å². The molecule has 0 spiro atoms. The van der Waals surface area contributed by atoms with Gasteiger partial charge in [0.1, 0.15) is 5.82 Å². The van der Waals surface area contributed by atoms with Gasteiger partial charge in [0, 0.05) is 25.0 Å². The van der Waals surface area contributed by atoms with Crippen molar-refractivity contribution in [2.75, 3.05) is 12.4 Å². The zero-order valence-corrected chi connectivity index (χ0v) is 9.44. The van der Waals surface area contributed by atoms with Gasteiger partial charge in [0.2, 0.25) is 0 Å². The number of allylic oxidation sites excluding steroid dienone is 1. The summed E-state index contributed by atoms with van der Waals surface area (Å²) in [4.78, 5) is 8.66. The zero-order chi connectivity index (χ0) is 12.3. The van der Waals surface area contributed by atoms with Gasteiger partial charge in [-0.15, -0.1) is 0 Å². The molecule has 5 heteroatoms. The highest BCUT2D eigenvalue weighted by Crippen LogP contribution is 2.18. The second-order valence-electron chi connectivity index (χ2n) is 3.48. The highest BCUT2D eigenvalue weighted by molar-refractivity contribution is 6.08. The molecule has 0 atom stereocenters. The number of aromatic nitrogens is 2. The van der Waals surface area contributed by atoms with Gasteiger partial charge in [-0.3, -0.25) is 4.98 Å². The molecule has 0 radical (unpaired) electrons. The molecule has 0 aliphatic heterocycles. The molecule has 2 aromatic rings. The molecule has 2 rings (SSSR count). The first-order valence-electron chi connectivity index (χ1n) is 5.16. The molecule has 0 fully saturated rings. The molecule has 0 saturated heterocycles. The summed E-state index contributed by atoms with van der Waals surface area (Å²) in [6.07, 6.45) is 4.29. The van der Waals surface area contributed by atoms with Crippen molar-refractivity contribution in [1.29, 1.82) is 5.41 Å². The first kappa shape index (κ1) is 11.1. The van der Waals surface area contributed by atoms with E-state index in [0.717, 1.165) is 22.4 Å². The molecule has 17 heavy (non-hydrogen) atoms. The van der Waals surface area contributed by atoms with Gasteiger partial charge in [-0.2, -0.15) is 0 Å². The Morgan fingerprint density at radius 1 is 1.41 bits per heavy atom. The molecule has 0 aliphatic carbocycles. The van der Waals surface area contributed by atoms with Crippen molar-refractivity contribution < 1.29 is 0 Å². The SMILES string of the molecule is CNc1cnc2cc(/C(C=N)=C/N)ccc2n1. The van der Waals surface area contributed by atoms with Crippen molar-refractivity contribution in [2.24, 2.45) is 5.73 Å². The highest BCUT2D eigenvalue weighted by Gasteiger charge is 2.02. The number of benzene rings is 1. The second-order valence-corrected chi connectivity index (χ2v) is 3.48. The number of anilines is 1. The van der Waals surface area contributed by atoms with Crippen LogP contribution in [-0.2, 0) is 0 Å². The Kier molecular flexibility index (Phi) is 3.00. The van der Waals surface area contributed by atoms with Crippen LogP contribution < -0.4 is 11.1 Å². The lowest BCUT2D eigenvalue weighted by Gasteiger charge is -2.04. The lowest BCUT2D eigenvalue weighted by Crippen LogP contribution is -1.95. The van der Waals surface area contributed by atoms with Gasteiger partial charge in [0.05, 0.1) is 17.2 Å². The van der Waals surface area contributed by atoms with Gasteiger partial charge in [-0.1, -0.05) is 6.07 Å². The van der Waals surface area contributed by atoms with Crippen LogP contribution in [0, 0.1) is 5.41 Å². The van der Waals surface area contributed by atoms with Gasteiger partial charge in [0.25, 0.3) is 0 Å². The van der Waals surface area contributed by atoms with Gasteiger partial charge in [0.15, 0.2) is 0 Å². The molecule has 4 N–H and O–H groups in total. The van der Waals surface area contributed by atoms with E-state index < -0.39 is 0 Å². The van der Waals surface area contributed by atoms with Crippen LogP contribution in [0.15, 0.2) is 30.6 Å². The normalized spacial score (nSPS) is 11.5. The van der Waals surface area contributed by atoms with Gasteiger partial charge in [-0.05, 0) is 17.7 Å². The lowest BCUT2D eigenvalue weighted by molar-refractivity contribution is 1.26. The minimum absolute atomic E-state index is 0.659. The Hall–Kier alpha value is -2.43. The van der Waals surface area contributed by atoms with E-state index >= 15 is 0 Å². The Morgan fingerprint density at radius 2 is 2.24 bits per heavy atom. The number of hydrogen-bond donors (Lipinski definition) is 3. The summed E-state index contributed by atoms with van der Waals surface area (Å²) in [6.45, 7) is 0. The van der Waals surface area contributed by atoms with Crippen LogP contribution in [0.2, 0.25) is 0 Å². The summed E-state index contributed by atoms with van der Waals surface area (Å²) in [5.74, 6) is 0.729. The number of nitrogens with zero attached hydrogens (tertiary/aromatic N) is 2. The fraction of sp³-hybridized carbons (Fsp3) is 0.0833. The number of nitrogens with two attached hydrogens (primary N) is 1. The number of rotatable bonds is 3. The second kappa shape index (κ2) is 4.61. The summed E-state index contributed by atoms with van der Waals surface area (Å²) >= 11 is 0. The van der Waals surface area contributed by atoms with Crippen LogP contribution in [0.4, 0.5) is 5.82 Å². The molecule has 1 aromatic carbocycles. The van der Waals surface area contributed by atoms with Gasteiger partial charge < -0.3 is 16.5 Å². The molecule has 0 saturated carbocycles. The molecule has 1 aromatic heterocycles. The minimum Gasteiger partial charge on any atom is -0.404 e. The monoisotopic (exact) mass is 227 g/mol. The first-order valence-corrected chi connectivity index (χ1v) is 5.16. The van der Waals surface area contributed by atoms with Crippen LogP contribution in [0.25, 0.3) is 16.6 Å². The summed E-state index contributed by atoms with van der Waals surface area (Å²) in [5, 5.41) is 10.2. The summed E-state index contributed by atoms with van der Waals surface area (Å²) in [7, 11) is 1.80. The van der Waals surface area contributed by atoms with Crippen LogP contribution in [-0.4, -0.2) is 23.2 Å². The number of hydrogen-bond acceptors (Lipinski definition) is 5. The maximum atomic E-state index is 7.25. The smallest absolute Gasteiger partial charge is 0.144 e. The average Bonchev–Trinajstić information content (AvgIpc) is 2.39. The van der Waals surface area contributed by atoms with E-state index in [0.29, 0.717) is 5.57 Å². The Balaban J connectivity index is 2.55. The molecular weight excluding hydrogens is 214 g/mol. The van der Waals surface area contributed by atoms with Crippen LogP contribution in [0.1, 0.15) is 5.56 Å². The fourth-order valence-electron chi connectivity index (χ4n) is 1.54. The molecule has 0 bridgehead atoms. The van der Waals surface area contributed by atoms with Crippen molar-refractivity contribution in [3.05, 3.63) is 36.2 Å². The molecular formula is C12H13N5. The fourth-order valence-corrected chi connectivity index (χ4v) is 1.54. The Labute approximate surface area is 98.9 Å². The zero-order valence-electron chi connectivity index (χ0n) is 9.44. The van der Waals surface area contributed by atoms with E-state index in [1.807, 2.05) is 18.2 Å². The first-order chi connectivity index (χ1) is 8.28. The molecule has 86 valence electrons. The van der Waals surface area contributed by atoms with Crippen molar-refractivity contribution in [1.82, 2.24) is 9.97 Å². The predicted octanol–water partition coefficient (Wildman–Crippen LogP) is 1.62.